The molecular weight excluding hydrogens is 280 g/mol. The standard InChI is InChI=1S/C13H20N2O6/c1-12(2)10-7(3-4-21-10)13(12,14)11(20)15(5-8(16)17)6-9(18)19/h7,10H,3-6,14H2,1-2H3,(H,16,17)(H,18,19). The Morgan fingerprint density at radius 2 is 1.76 bits per heavy atom. The third-order valence-electron chi connectivity index (χ3n) is 4.75. The van der Waals surface area contributed by atoms with E-state index in [9.17, 15) is 14.4 Å². The minimum Gasteiger partial charge on any atom is -0.480 e. The fraction of sp³-hybridized carbons (Fsp3) is 0.769. The van der Waals surface area contributed by atoms with E-state index in [1.165, 1.54) is 0 Å². The summed E-state index contributed by atoms with van der Waals surface area (Å²) in [6.45, 7) is 2.72. The van der Waals surface area contributed by atoms with E-state index in [2.05, 4.69) is 0 Å². The van der Waals surface area contributed by atoms with Crippen LogP contribution in [0.3, 0.4) is 0 Å². The summed E-state index contributed by atoms with van der Waals surface area (Å²) in [6.07, 6.45) is 0.465. The summed E-state index contributed by atoms with van der Waals surface area (Å²) in [4.78, 5) is 35.2. The van der Waals surface area contributed by atoms with E-state index in [0.29, 0.717) is 13.0 Å². The molecule has 3 unspecified atom stereocenters. The molecule has 1 saturated heterocycles. The molecule has 1 heterocycles. The van der Waals surface area contributed by atoms with Crippen molar-refractivity contribution < 1.29 is 29.3 Å². The number of rotatable bonds is 5. The molecule has 0 spiro atoms. The molecule has 3 atom stereocenters. The molecule has 8 nitrogen and oxygen atoms in total. The molecule has 0 aromatic heterocycles. The number of carbonyl (C=O) groups is 3. The first-order valence-electron chi connectivity index (χ1n) is 6.75. The summed E-state index contributed by atoms with van der Waals surface area (Å²) in [5, 5.41) is 17.7. The van der Waals surface area contributed by atoms with Gasteiger partial charge < -0.3 is 25.6 Å². The van der Waals surface area contributed by atoms with Crippen LogP contribution in [-0.4, -0.2) is 64.3 Å². The van der Waals surface area contributed by atoms with E-state index in [1.54, 1.807) is 13.8 Å². The van der Waals surface area contributed by atoms with Gasteiger partial charge in [-0.05, 0) is 6.42 Å². The van der Waals surface area contributed by atoms with Gasteiger partial charge in [-0.15, -0.1) is 0 Å². The van der Waals surface area contributed by atoms with Crippen LogP contribution in [0.25, 0.3) is 0 Å². The Kier molecular flexibility index (Phi) is 3.71. The highest BCUT2D eigenvalue weighted by molar-refractivity contribution is 5.93. The first-order chi connectivity index (χ1) is 9.62. The lowest BCUT2D eigenvalue weighted by Crippen LogP contribution is -2.80. The SMILES string of the molecule is CC1(C)C2OCCC2C1(N)C(=O)N(CC(=O)O)CC(=O)O. The Morgan fingerprint density at radius 1 is 1.24 bits per heavy atom. The summed E-state index contributed by atoms with van der Waals surface area (Å²) in [7, 11) is 0. The molecule has 2 rings (SSSR count). The van der Waals surface area contributed by atoms with Crippen LogP contribution in [0.1, 0.15) is 20.3 Å². The van der Waals surface area contributed by atoms with Crippen molar-refractivity contribution in [2.75, 3.05) is 19.7 Å². The Bertz CT molecular complexity index is 475. The highest BCUT2D eigenvalue weighted by atomic mass is 16.5. The average molecular weight is 300 g/mol. The number of hydrogen-bond donors (Lipinski definition) is 3. The molecule has 0 aromatic carbocycles. The molecule has 21 heavy (non-hydrogen) atoms. The second kappa shape index (κ2) is 4.96. The van der Waals surface area contributed by atoms with Crippen molar-refractivity contribution in [1.29, 1.82) is 0 Å². The second-order valence-corrected chi connectivity index (χ2v) is 6.23. The van der Waals surface area contributed by atoms with E-state index in [4.69, 9.17) is 20.7 Å². The third-order valence-corrected chi connectivity index (χ3v) is 4.75. The second-order valence-electron chi connectivity index (χ2n) is 6.23. The van der Waals surface area contributed by atoms with E-state index in [0.717, 1.165) is 4.90 Å². The van der Waals surface area contributed by atoms with Crippen molar-refractivity contribution in [1.82, 2.24) is 4.90 Å². The lowest BCUT2D eigenvalue weighted by atomic mass is 9.47. The molecule has 2 fully saturated rings. The zero-order chi connectivity index (χ0) is 16.0. The van der Waals surface area contributed by atoms with E-state index in [-0.39, 0.29) is 12.0 Å². The van der Waals surface area contributed by atoms with Crippen molar-refractivity contribution in [2.45, 2.75) is 31.9 Å². The van der Waals surface area contributed by atoms with Crippen LogP contribution in [0, 0.1) is 11.3 Å². The van der Waals surface area contributed by atoms with Gasteiger partial charge in [0.2, 0.25) is 5.91 Å². The van der Waals surface area contributed by atoms with Crippen LogP contribution >= 0.6 is 0 Å². The van der Waals surface area contributed by atoms with Crippen LogP contribution in [0.15, 0.2) is 0 Å². The van der Waals surface area contributed by atoms with Crippen LogP contribution in [0.5, 0.6) is 0 Å². The molecule has 8 heteroatoms. The summed E-state index contributed by atoms with van der Waals surface area (Å²) in [5.41, 5.74) is 4.35. The van der Waals surface area contributed by atoms with Crippen LogP contribution in [0.2, 0.25) is 0 Å². The molecule has 2 aliphatic rings. The minimum atomic E-state index is -1.29. The number of nitrogens with zero attached hydrogens (tertiary/aromatic N) is 1. The van der Waals surface area contributed by atoms with Gasteiger partial charge in [0.25, 0.3) is 0 Å². The van der Waals surface area contributed by atoms with Crippen molar-refractivity contribution in [3.05, 3.63) is 0 Å². The average Bonchev–Trinajstić information content (AvgIpc) is 2.83. The Morgan fingerprint density at radius 3 is 2.24 bits per heavy atom. The van der Waals surface area contributed by atoms with Crippen LogP contribution in [-0.2, 0) is 19.1 Å². The Labute approximate surface area is 121 Å². The van der Waals surface area contributed by atoms with Crippen molar-refractivity contribution in [3.8, 4) is 0 Å². The van der Waals surface area contributed by atoms with E-state index in [1.807, 2.05) is 0 Å². The van der Waals surface area contributed by atoms with E-state index < -0.39 is 41.9 Å². The fourth-order valence-corrected chi connectivity index (χ4v) is 3.61. The van der Waals surface area contributed by atoms with Crippen molar-refractivity contribution in [2.24, 2.45) is 17.1 Å². The highest BCUT2D eigenvalue weighted by Crippen LogP contribution is 2.58. The lowest BCUT2D eigenvalue weighted by Gasteiger charge is -2.61. The number of hydrogen-bond acceptors (Lipinski definition) is 5. The molecule has 1 aliphatic carbocycles. The Hall–Kier alpha value is -1.67. The van der Waals surface area contributed by atoms with Gasteiger partial charge in [-0.1, -0.05) is 13.8 Å². The monoisotopic (exact) mass is 300 g/mol. The smallest absolute Gasteiger partial charge is 0.323 e. The predicted octanol–water partition coefficient (Wildman–Crippen LogP) is -0.873. The fourth-order valence-electron chi connectivity index (χ4n) is 3.61. The number of nitrogens with two attached hydrogens (primary N) is 1. The van der Waals surface area contributed by atoms with Gasteiger partial charge in [0.15, 0.2) is 0 Å². The zero-order valence-electron chi connectivity index (χ0n) is 12.0. The molecule has 118 valence electrons. The molecule has 0 bridgehead atoms. The normalized spacial score (nSPS) is 32.9. The van der Waals surface area contributed by atoms with Gasteiger partial charge in [-0.25, -0.2) is 0 Å². The van der Waals surface area contributed by atoms with Gasteiger partial charge in [0.1, 0.15) is 18.6 Å². The Balaban J connectivity index is 2.26. The molecule has 0 radical (unpaired) electrons. The number of carboxylic acid groups (broad SMARTS) is 2. The molecule has 1 amide bonds. The van der Waals surface area contributed by atoms with Gasteiger partial charge >= 0.3 is 11.9 Å². The molecule has 1 aliphatic heterocycles. The topological polar surface area (TPSA) is 130 Å². The van der Waals surface area contributed by atoms with Crippen molar-refractivity contribution in [3.63, 3.8) is 0 Å². The number of fused-ring (bicyclic) bond motifs is 1. The third kappa shape index (κ3) is 2.18. The summed E-state index contributed by atoms with van der Waals surface area (Å²) < 4.78 is 5.57. The molecule has 4 N–H and O–H groups in total. The minimum absolute atomic E-state index is 0.150. The quantitative estimate of drug-likeness (QED) is 0.601. The summed E-state index contributed by atoms with van der Waals surface area (Å²) in [6, 6.07) is 0. The number of carboxylic acids is 2. The van der Waals surface area contributed by atoms with E-state index >= 15 is 0 Å². The number of aliphatic carboxylic acids is 2. The van der Waals surface area contributed by atoms with Crippen molar-refractivity contribution >= 4 is 17.8 Å². The summed E-state index contributed by atoms with van der Waals surface area (Å²) in [5.74, 6) is -3.39. The first-order valence-corrected chi connectivity index (χ1v) is 6.75. The number of ether oxygens (including phenoxy) is 1. The number of amides is 1. The summed E-state index contributed by atoms with van der Waals surface area (Å²) >= 11 is 0. The van der Waals surface area contributed by atoms with Crippen LogP contribution < -0.4 is 5.73 Å². The first kappa shape index (κ1) is 15.7. The van der Waals surface area contributed by atoms with Crippen LogP contribution in [0.4, 0.5) is 0 Å². The highest BCUT2D eigenvalue weighted by Gasteiger charge is 2.72. The zero-order valence-corrected chi connectivity index (χ0v) is 12.0. The largest absolute Gasteiger partial charge is 0.480 e. The van der Waals surface area contributed by atoms with Gasteiger partial charge in [-0.3, -0.25) is 14.4 Å². The predicted molar refractivity (Wildman–Crippen MR) is 70.4 cm³/mol. The van der Waals surface area contributed by atoms with Gasteiger partial charge in [0.05, 0.1) is 6.10 Å². The maximum Gasteiger partial charge on any atom is 0.323 e. The lowest BCUT2D eigenvalue weighted by molar-refractivity contribution is -0.186. The molecule has 0 aromatic rings. The maximum absolute atomic E-state index is 12.7. The van der Waals surface area contributed by atoms with Gasteiger partial charge in [0, 0.05) is 17.9 Å². The number of carbonyl (C=O) groups excluding carboxylic acids is 1. The molecular formula is C13H20N2O6. The molecule has 1 saturated carbocycles. The maximum atomic E-state index is 12.7. The van der Waals surface area contributed by atoms with Gasteiger partial charge in [-0.2, -0.15) is 0 Å².